The van der Waals surface area contributed by atoms with Crippen LogP contribution < -0.4 is 5.32 Å². The Morgan fingerprint density at radius 3 is 2.71 bits per heavy atom. The topological polar surface area (TPSA) is 62.2 Å². The molecule has 0 bridgehead atoms. The third-order valence-electron chi connectivity index (χ3n) is 2.68. The Labute approximate surface area is 122 Å². The van der Waals surface area contributed by atoms with Crippen LogP contribution in [0.1, 0.15) is 10.4 Å². The van der Waals surface area contributed by atoms with Crippen LogP contribution in [-0.4, -0.2) is 33.9 Å². The SMILES string of the molecule is O=C(O)c1cnc2ccccc2c1NCCSC(F)(F)F. The fourth-order valence-electron chi connectivity index (χ4n) is 1.84. The number of thioether (sulfide) groups is 1. The van der Waals surface area contributed by atoms with Crippen molar-refractivity contribution < 1.29 is 23.1 Å². The van der Waals surface area contributed by atoms with Gasteiger partial charge in [0.15, 0.2) is 0 Å². The molecule has 21 heavy (non-hydrogen) atoms. The van der Waals surface area contributed by atoms with Crippen LogP contribution in [0.2, 0.25) is 0 Å². The van der Waals surface area contributed by atoms with Gasteiger partial charge in [0.05, 0.1) is 11.2 Å². The monoisotopic (exact) mass is 316 g/mol. The van der Waals surface area contributed by atoms with Gasteiger partial charge in [0.2, 0.25) is 0 Å². The second-order valence-corrected chi connectivity index (χ2v) is 5.25. The number of alkyl halides is 3. The lowest BCUT2D eigenvalue weighted by Crippen LogP contribution is -2.12. The molecule has 2 aromatic rings. The number of anilines is 1. The fourth-order valence-corrected chi connectivity index (χ4v) is 2.27. The molecule has 0 fully saturated rings. The molecule has 1 aromatic carbocycles. The lowest BCUT2D eigenvalue weighted by molar-refractivity contribution is -0.0327. The number of aromatic carboxylic acids is 1. The van der Waals surface area contributed by atoms with Crippen LogP contribution in [0.5, 0.6) is 0 Å². The van der Waals surface area contributed by atoms with Crippen LogP contribution in [0.15, 0.2) is 30.5 Å². The van der Waals surface area contributed by atoms with Gasteiger partial charge in [0.1, 0.15) is 5.56 Å². The van der Waals surface area contributed by atoms with Crippen molar-refractivity contribution in [1.29, 1.82) is 0 Å². The molecule has 0 spiro atoms. The highest BCUT2D eigenvalue weighted by Crippen LogP contribution is 2.30. The molecule has 1 heterocycles. The highest BCUT2D eigenvalue weighted by molar-refractivity contribution is 8.00. The van der Waals surface area contributed by atoms with Crippen LogP contribution in [0.3, 0.4) is 0 Å². The normalized spacial score (nSPS) is 11.6. The number of para-hydroxylation sites is 1. The number of aromatic nitrogens is 1. The number of rotatable bonds is 5. The number of halogens is 3. The third kappa shape index (κ3) is 4.01. The maximum Gasteiger partial charge on any atom is 0.441 e. The van der Waals surface area contributed by atoms with E-state index in [1.807, 2.05) is 0 Å². The van der Waals surface area contributed by atoms with Crippen LogP contribution in [0.4, 0.5) is 18.9 Å². The molecule has 112 valence electrons. The summed E-state index contributed by atoms with van der Waals surface area (Å²) in [6.45, 7) is -0.00152. The molecule has 0 aliphatic carbocycles. The summed E-state index contributed by atoms with van der Waals surface area (Å²) in [6, 6.07) is 6.84. The van der Waals surface area contributed by atoms with E-state index in [1.54, 1.807) is 24.3 Å². The fraction of sp³-hybridized carbons (Fsp3) is 0.231. The van der Waals surface area contributed by atoms with E-state index >= 15 is 0 Å². The number of benzene rings is 1. The first-order valence-electron chi connectivity index (χ1n) is 5.94. The highest BCUT2D eigenvalue weighted by atomic mass is 32.2. The second-order valence-electron chi connectivity index (χ2n) is 4.09. The van der Waals surface area contributed by atoms with E-state index < -0.39 is 11.5 Å². The summed E-state index contributed by atoms with van der Waals surface area (Å²) >= 11 is -0.153. The summed E-state index contributed by atoms with van der Waals surface area (Å²) in [5.74, 6) is -1.39. The summed E-state index contributed by atoms with van der Waals surface area (Å²) in [5.41, 5.74) is -3.49. The smallest absolute Gasteiger partial charge is 0.441 e. The molecule has 0 amide bonds. The standard InChI is InChI=1S/C13H11F3N2O2S/c14-13(15,16)21-6-5-17-11-8-3-1-2-4-10(8)18-7-9(11)12(19)20/h1-4,7H,5-6H2,(H,17,18)(H,19,20). The largest absolute Gasteiger partial charge is 0.478 e. The van der Waals surface area contributed by atoms with Crippen LogP contribution >= 0.6 is 11.8 Å². The van der Waals surface area contributed by atoms with Crippen molar-refractivity contribution in [3.05, 3.63) is 36.0 Å². The molecule has 1 aromatic heterocycles. The molecule has 2 rings (SSSR count). The molecule has 0 atom stereocenters. The van der Waals surface area contributed by atoms with Crippen LogP contribution in [0, 0.1) is 0 Å². The van der Waals surface area contributed by atoms with Gasteiger partial charge in [-0.3, -0.25) is 4.98 Å². The van der Waals surface area contributed by atoms with Gasteiger partial charge in [-0.1, -0.05) is 18.2 Å². The second kappa shape index (κ2) is 6.21. The number of fused-ring (bicyclic) bond motifs is 1. The predicted octanol–water partition coefficient (Wildman–Crippen LogP) is 3.60. The first kappa shape index (κ1) is 15.4. The minimum atomic E-state index is -4.29. The van der Waals surface area contributed by atoms with Crippen molar-refractivity contribution in [3.8, 4) is 0 Å². The first-order valence-corrected chi connectivity index (χ1v) is 6.92. The van der Waals surface area contributed by atoms with E-state index in [9.17, 15) is 18.0 Å². The Hall–Kier alpha value is -1.96. The zero-order valence-corrected chi connectivity index (χ0v) is 11.5. The van der Waals surface area contributed by atoms with Crippen molar-refractivity contribution in [2.75, 3.05) is 17.6 Å². The van der Waals surface area contributed by atoms with E-state index in [0.717, 1.165) is 0 Å². The van der Waals surface area contributed by atoms with Gasteiger partial charge in [-0.2, -0.15) is 13.2 Å². The molecule has 2 N–H and O–H groups in total. The van der Waals surface area contributed by atoms with Crippen molar-refractivity contribution in [3.63, 3.8) is 0 Å². The Morgan fingerprint density at radius 1 is 1.33 bits per heavy atom. The lowest BCUT2D eigenvalue weighted by Gasteiger charge is -2.12. The number of carbonyl (C=O) groups is 1. The number of carboxylic acids is 1. The van der Waals surface area contributed by atoms with Gasteiger partial charge in [-0.15, -0.1) is 0 Å². The highest BCUT2D eigenvalue weighted by Gasteiger charge is 2.27. The number of nitrogens with zero attached hydrogens (tertiary/aromatic N) is 1. The van der Waals surface area contributed by atoms with E-state index in [-0.39, 0.29) is 35.3 Å². The maximum absolute atomic E-state index is 12.1. The molecule has 0 unspecified atom stereocenters. The summed E-state index contributed by atoms with van der Waals surface area (Å²) in [7, 11) is 0. The number of nitrogens with one attached hydrogen (secondary N) is 1. The van der Waals surface area contributed by atoms with Gasteiger partial charge in [0.25, 0.3) is 0 Å². The first-order chi connectivity index (χ1) is 9.88. The minimum Gasteiger partial charge on any atom is -0.478 e. The van der Waals surface area contributed by atoms with Crippen molar-refractivity contribution in [2.45, 2.75) is 5.51 Å². The Morgan fingerprint density at radius 2 is 2.05 bits per heavy atom. The molecule has 4 nitrogen and oxygen atoms in total. The molecule has 0 aliphatic rings. The van der Waals surface area contributed by atoms with Crippen molar-refractivity contribution in [2.24, 2.45) is 0 Å². The molecule has 8 heteroatoms. The van der Waals surface area contributed by atoms with Gasteiger partial charge in [-0.25, -0.2) is 4.79 Å². The van der Waals surface area contributed by atoms with E-state index in [2.05, 4.69) is 10.3 Å². The lowest BCUT2D eigenvalue weighted by atomic mass is 10.1. The molecule has 0 saturated carbocycles. The third-order valence-corrected chi connectivity index (χ3v) is 3.41. The maximum atomic E-state index is 12.1. The van der Waals surface area contributed by atoms with Crippen molar-refractivity contribution in [1.82, 2.24) is 4.98 Å². The van der Waals surface area contributed by atoms with Gasteiger partial charge >= 0.3 is 11.5 Å². The number of hydrogen-bond acceptors (Lipinski definition) is 4. The number of pyridine rings is 1. The summed E-state index contributed by atoms with van der Waals surface area (Å²) in [5, 5.41) is 12.5. The van der Waals surface area contributed by atoms with Crippen LogP contribution in [-0.2, 0) is 0 Å². The van der Waals surface area contributed by atoms with E-state index in [0.29, 0.717) is 10.9 Å². The molecule has 0 radical (unpaired) electrons. The molecular weight excluding hydrogens is 305 g/mol. The van der Waals surface area contributed by atoms with Crippen LogP contribution in [0.25, 0.3) is 10.9 Å². The molecule has 0 aliphatic heterocycles. The van der Waals surface area contributed by atoms with Gasteiger partial charge in [-0.05, 0) is 17.8 Å². The number of hydrogen-bond donors (Lipinski definition) is 2. The average Bonchev–Trinajstić information content (AvgIpc) is 2.42. The van der Waals surface area contributed by atoms with E-state index in [1.165, 1.54) is 6.20 Å². The predicted molar refractivity (Wildman–Crippen MR) is 75.7 cm³/mol. The zero-order chi connectivity index (χ0) is 15.5. The quantitative estimate of drug-likeness (QED) is 0.825. The molecular formula is C13H11F3N2O2S. The number of carboxylic acid groups (broad SMARTS) is 1. The molecule has 0 saturated heterocycles. The van der Waals surface area contributed by atoms with Gasteiger partial charge in [0, 0.05) is 23.9 Å². The van der Waals surface area contributed by atoms with E-state index in [4.69, 9.17) is 5.11 Å². The summed E-state index contributed by atoms with van der Waals surface area (Å²) in [6.07, 6.45) is 1.20. The average molecular weight is 316 g/mol. The minimum absolute atomic E-state index is 0.00152. The Bertz CT molecular complexity index is 661. The van der Waals surface area contributed by atoms with Gasteiger partial charge < -0.3 is 10.4 Å². The Balaban J connectivity index is 2.23. The zero-order valence-electron chi connectivity index (χ0n) is 10.6. The van der Waals surface area contributed by atoms with Crippen molar-refractivity contribution >= 4 is 34.3 Å². The Kier molecular flexibility index (Phi) is 4.56. The summed E-state index contributed by atoms with van der Waals surface area (Å²) in [4.78, 5) is 15.2. The summed E-state index contributed by atoms with van der Waals surface area (Å²) < 4.78 is 36.2.